The number of benzene rings is 1. The smallest absolute Gasteiger partial charge is 0.222 e. The molecule has 1 aromatic carbocycles. The average molecular weight is 230 g/mol. The molecular formula is C12H11FN4. The van der Waals surface area contributed by atoms with Crippen LogP contribution in [0.25, 0.3) is 11.3 Å². The first kappa shape index (κ1) is 10.0. The topological polar surface area (TPSA) is 63.8 Å². The number of hydrogen-bond donors (Lipinski definition) is 2. The minimum absolute atomic E-state index is 0.234. The first-order valence-corrected chi connectivity index (χ1v) is 5.40. The van der Waals surface area contributed by atoms with Gasteiger partial charge in [0.05, 0.1) is 5.69 Å². The summed E-state index contributed by atoms with van der Waals surface area (Å²) < 4.78 is 12.9. The van der Waals surface area contributed by atoms with E-state index >= 15 is 0 Å². The number of anilines is 2. The molecule has 3 rings (SSSR count). The molecule has 2 aromatic rings. The molecule has 1 aliphatic heterocycles. The molecular weight excluding hydrogens is 219 g/mol. The van der Waals surface area contributed by atoms with E-state index in [4.69, 9.17) is 5.73 Å². The van der Waals surface area contributed by atoms with Crippen molar-refractivity contribution in [3.8, 4) is 11.3 Å². The van der Waals surface area contributed by atoms with E-state index in [0.29, 0.717) is 0 Å². The Labute approximate surface area is 97.7 Å². The molecule has 17 heavy (non-hydrogen) atoms. The van der Waals surface area contributed by atoms with E-state index in [1.807, 2.05) is 0 Å². The Morgan fingerprint density at radius 1 is 1.18 bits per heavy atom. The highest BCUT2D eigenvalue weighted by Crippen LogP contribution is 2.30. The van der Waals surface area contributed by atoms with Crippen LogP contribution in [0.4, 0.5) is 16.2 Å². The number of nitrogens with one attached hydrogen (secondary N) is 1. The fourth-order valence-corrected chi connectivity index (χ4v) is 2.04. The zero-order chi connectivity index (χ0) is 11.8. The maximum atomic E-state index is 12.9. The molecule has 3 N–H and O–H groups in total. The van der Waals surface area contributed by atoms with Gasteiger partial charge in [0.15, 0.2) is 0 Å². The number of nitrogens with zero attached hydrogens (tertiary/aromatic N) is 2. The molecule has 0 saturated carbocycles. The first-order chi connectivity index (χ1) is 8.24. The average Bonchev–Trinajstić information content (AvgIpc) is 2.77. The second-order valence-corrected chi connectivity index (χ2v) is 3.94. The standard InChI is InChI=1S/C12H11FN4/c13-8-3-1-7(2-4-8)10-9-5-6-15-11(9)17-12(14)16-10/h1-4H,5-6H2,(H3,14,15,16,17). The highest BCUT2D eigenvalue weighted by molar-refractivity contribution is 5.71. The minimum atomic E-state index is -0.259. The lowest BCUT2D eigenvalue weighted by Gasteiger charge is -2.07. The van der Waals surface area contributed by atoms with Crippen LogP contribution in [0.2, 0.25) is 0 Å². The number of hydrogen-bond acceptors (Lipinski definition) is 4. The number of rotatable bonds is 1. The van der Waals surface area contributed by atoms with Crippen LogP contribution in [-0.2, 0) is 6.42 Å². The van der Waals surface area contributed by atoms with Gasteiger partial charge in [-0.15, -0.1) is 0 Å². The van der Waals surface area contributed by atoms with Crippen molar-refractivity contribution in [3.05, 3.63) is 35.6 Å². The molecule has 5 heteroatoms. The summed E-state index contributed by atoms with van der Waals surface area (Å²) in [5.74, 6) is 0.764. The van der Waals surface area contributed by atoms with Crippen molar-refractivity contribution in [2.45, 2.75) is 6.42 Å². The monoisotopic (exact) mass is 230 g/mol. The van der Waals surface area contributed by atoms with Gasteiger partial charge in [-0.1, -0.05) is 0 Å². The summed E-state index contributed by atoms with van der Waals surface area (Å²) in [4.78, 5) is 8.39. The Hall–Kier alpha value is -2.17. The van der Waals surface area contributed by atoms with Crippen molar-refractivity contribution in [1.29, 1.82) is 0 Å². The summed E-state index contributed by atoms with van der Waals surface area (Å²) in [6.07, 6.45) is 0.863. The van der Waals surface area contributed by atoms with Crippen molar-refractivity contribution in [3.63, 3.8) is 0 Å². The van der Waals surface area contributed by atoms with Gasteiger partial charge < -0.3 is 11.1 Å². The van der Waals surface area contributed by atoms with Gasteiger partial charge in [-0.05, 0) is 30.7 Å². The fraction of sp³-hybridized carbons (Fsp3) is 0.167. The van der Waals surface area contributed by atoms with E-state index in [1.165, 1.54) is 12.1 Å². The summed E-state index contributed by atoms with van der Waals surface area (Å²) in [5.41, 5.74) is 8.36. The predicted octanol–water partition coefficient (Wildman–Crippen LogP) is 1.83. The predicted molar refractivity (Wildman–Crippen MR) is 64.0 cm³/mol. The molecule has 1 aliphatic rings. The minimum Gasteiger partial charge on any atom is -0.369 e. The molecule has 0 bridgehead atoms. The first-order valence-electron chi connectivity index (χ1n) is 5.40. The lowest BCUT2D eigenvalue weighted by atomic mass is 10.1. The van der Waals surface area contributed by atoms with Gasteiger partial charge in [0.1, 0.15) is 11.6 Å². The highest BCUT2D eigenvalue weighted by Gasteiger charge is 2.19. The number of fused-ring (bicyclic) bond motifs is 1. The molecule has 0 aliphatic carbocycles. The van der Waals surface area contributed by atoms with Gasteiger partial charge in [-0.25, -0.2) is 9.37 Å². The molecule has 0 amide bonds. The Morgan fingerprint density at radius 2 is 1.94 bits per heavy atom. The molecule has 4 nitrogen and oxygen atoms in total. The molecule has 0 fully saturated rings. The second-order valence-electron chi connectivity index (χ2n) is 3.94. The maximum absolute atomic E-state index is 12.9. The zero-order valence-electron chi connectivity index (χ0n) is 9.07. The summed E-state index contributed by atoms with van der Waals surface area (Å²) in [6, 6.07) is 6.25. The molecule has 0 unspecified atom stereocenters. The van der Waals surface area contributed by atoms with Gasteiger partial charge in [-0.2, -0.15) is 4.98 Å². The van der Waals surface area contributed by atoms with Crippen molar-refractivity contribution < 1.29 is 4.39 Å². The third-order valence-corrected chi connectivity index (χ3v) is 2.81. The van der Waals surface area contributed by atoms with E-state index in [9.17, 15) is 4.39 Å². The quantitative estimate of drug-likeness (QED) is 0.784. The molecule has 2 heterocycles. The highest BCUT2D eigenvalue weighted by atomic mass is 19.1. The maximum Gasteiger partial charge on any atom is 0.222 e. The number of halogens is 1. The summed E-state index contributed by atoms with van der Waals surface area (Å²) in [7, 11) is 0. The second kappa shape index (κ2) is 3.69. The van der Waals surface area contributed by atoms with E-state index < -0.39 is 0 Å². The molecule has 0 spiro atoms. The normalized spacial score (nSPS) is 13.2. The molecule has 0 atom stereocenters. The van der Waals surface area contributed by atoms with Crippen molar-refractivity contribution >= 4 is 11.8 Å². The third kappa shape index (κ3) is 1.69. The molecule has 86 valence electrons. The van der Waals surface area contributed by atoms with Crippen molar-refractivity contribution in [1.82, 2.24) is 9.97 Å². The van der Waals surface area contributed by atoms with Crippen LogP contribution in [0, 0.1) is 5.82 Å². The van der Waals surface area contributed by atoms with E-state index in [-0.39, 0.29) is 11.8 Å². The van der Waals surface area contributed by atoms with Gasteiger partial charge in [0.25, 0.3) is 0 Å². The third-order valence-electron chi connectivity index (χ3n) is 2.81. The van der Waals surface area contributed by atoms with Crippen LogP contribution in [-0.4, -0.2) is 16.5 Å². The largest absolute Gasteiger partial charge is 0.369 e. The van der Waals surface area contributed by atoms with E-state index in [2.05, 4.69) is 15.3 Å². The van der Waals surface area contributed by atoms with Crippen LogP contribution in [0.15, 0.2) is 24.3 Å². The lowest BCUT2D eigenvalue weighted by Crippen LogP contribution is -2.01. The Morgan fingerprint density at radius 3 is 2.71 bits per heavy atom. The van der Waals surface area contributed by atoms with Crippen molar-refractivity contribution in [2.75, 3.05) is 17.6 Å². The van der Waals surface area contributed by atoms with Crippen LogP contribution in [0.1, 0.15) is 5.56 Å². The summed E-state index contributed by atoms with van der Waals surface area (Å²) in [5, 5.41) is 3.16. The fourth-order valence-electron chi connectivity index (χ4n) is 2.04. The van der Waals surface area contributed by atoms with Crippen LogP contribution < -0.4 is 11.1 Å². The summed E-state index contributed by atoms with van der Waals surface area (Å²) in [6.45, 7) is 0.835. The zero-order valence-corrected chi connectivity index (χ0v) is 9.07. The number of aromatic nitrogens is 2. The molecule has 0 saturated heterocycles. The van der Waals surface area contributed by atoms with Gasteiger partial charge in [0, 0.05) is 17.7 Å². The van der Waals surface area contributed by atoms with Gasteiger partial charge in [-0.3, -0.25) is 0 Å². The Bertz CT molecular complexity index is 565. The van der Waals surface area contributed by atoms with E-state index in [1.54, 1.807) is 12.1 Å². The molecule has 1 aromatic heterocycles. The molecule has 0 radical (unpaired) electrons. The number of nitrogen functional groups attached to an aromatic ring is 1. The lowest BCUT2D eigenvalue weighted by molar-refractivity contribution is 0.628. The SMILES string of the molecule is Nc1nc2c(c(-c3ccc(F)cc3)n1)CCN2. The van der Waals surface area contributed by atoms with E-state index in [0.717, 1.165) is 35.6 Å². The van der Waals surface area contributed by atoms with Gasteiger partial charge >= 0.3 is 0 Å². The van der Waals surface area contributed by atoms with Crippen LogP contribution >= 0.6 is 0 Å². The Kier molecular flexibility index (Phi) is 2.18. The van der Waals surface area contributed by atoms with Gasteiger partial charge in [0.2, 0.25) is 5.95 Å². The summed E-state index contributed by atoms with van der Waals surface area (Å²) >= 11 is 0. The van der Waals surface area contributed by atoms with Crippen molar-refractivity contribution in [2.24, 2.45) is 0 Å². The van der Waals surface area contributed by atoms with Crippen LogP contribution in [0.3, 0.4) is 0 Å². The number of nitrogens with two attached hydrogens (primary N) is 1. The Balaban J connectivity index is 2.17. The van der Waals surface area contributed by atoms with Crippen LogP contribution in [0.5, 0.6) is 0 Å².